The highest BCUT2D eigenvalue weighted by atomic mass is 35.5. The number of hydrogen-bond acceptors (Lipinski definition) is 6. The van der Waals surface area contributed by atoms with Crippen LogP contribution in [0.1, 0.15) is 44.2 Å². The molecule has 222 valence electrons. The summed E-state index contributed by atoms with van der Waals surface area (Å²) in [5.41, 5.74) is -1.10. The summed E-state index contributed by atoms with van der Waals surface area (Å²) >= 11 is 6.57. The van der Waals surface area contributed by atoms with Gasteiger partial charge in [-0.15, -0.1) is 13.2 Å². The van der Waals surface area contributed by atoms with Crippen LogP contribution in [-0.4, -0.2) is 64.8 Å². The largest absolute Gasteiger partial charge is 0.465 e. The summed E-state index contributed by atoms with van der Waals surface area (Å²) in [6, 6.07) is 14.1. The minimum Gasteiger partial charge on any atom is -0.465 e. The normalized spacial score (nSPS) is 28.3. The maximum Gasteiger partial charge on any atom is 0.312 e. The van der Waals surface area contributed by atoms with Gasteiger partial charge in [-0.25, -0.2) is 0 Å². The minimum absolute atomic E-state index is 0.128. The van der Waals surface area contributed by atoms with Crippen LogP contribution >= 0.6 is 11.6 Å². The number of nitrogens with zero attached hydrogens (tertiary/aromatic N) is 2. The first-order valence-electron chi connectivity index (χ1n) is 14.4. The number of esters is 1. The number of para-hydroxylation sites is 1. The van der Waals surface area contributed by atoms with Gasteiger partial charge in [0.05, 0.1) is 41.5 Å². The third-order valence-electron chi connectivity index (χ3n) is 9.09. The molecule has 3 fully saturated rings. The molecule has 2 aromatic carbocycles. The summed E-state index contributed by atoms with van der Waals surface area (Å²) in [6.07, 6.45) is 5.10. The Morgan fingerprint density at radius 1 is 1.17 bits per heavy atom. The molecule has 2 bridgehead atoms. The van der Waals surface area contributed by atoms with Crippen LogP contribution in [0.15, 0.2) is 79.9 Å². The van der Waals surface area contributed by atoms with Crippen LogP contribution < -0.4 is 4.90 Å². The Kier molecular flexibility index (Phi) is 8.60. The smallest absolute Gasteiger partial charge is 0.312 e. The van der Waals surface area contributed by atoms with Crippen molar-refractivity contribution in [1.29, 1.82) is 0 Å². The number of rotatable bonds is 12. The topological polar surface area (TPSA) is 96.4 Å². The second kappa shape index (κ2) is 12.0. The van der Waals surface area contributed by atoms with Gasteiger partial charge < -0.3 is 24.4 Å². The van der Waals surface area contributed by atoms with Gasteiger partial charge in [-0.2, -0.15) is 0 Å². The van der Waals surface area contributed by atoms with Crippen LogP contribution in [0.5, 0.6) is 0 Å². The van der Waals surface area contributed by atoms with E-state index in [2.05, 4.69) is 13.2 Å². The highest BCUT2D eigenvalue weighted by Crippen LogP contribution is 2.65. The van der Waals surface area contributed by atoms with E-state index >= 15 is 0 Å². The Morgan fingerprint density at radius 2 is 1.88 bits per heavy atom. The fourth-order valence-corrected chi connectivity index (χ4v) is 7.48. The van der Waals surface area contributed by atoms with Crippen LogP contribution in [0.4, 0.5) is 5.69 Å². The number of halogens is 1. The molecule has 0 saturated carbocycles. The number of fused-ring (bicyclic) bond motifs is 1. The summed E-state index contributed by atoms with van der Waals surface area (Å²) in [5, 5.41) is 11.1. The molecular formula is C33H37ClN2O6. The Hall–Kier alpha value is -3.46. The Bertz CT molecular complexity index is 1370. The summed E-state index contributed by atoms with van der Waals surface area (Å²) in [4.78, 5) is 46.1. The van der Waals surface area contributed by atoms with Crippen molar-refractivity contribution < 1.29 is 29.0 Å². The lowest BCUT2D eigenvalue weighted by molar-refractivity contribution is -0.162. The van der Waals surface area contributed by atoms with Gasteiger partial charge in [0, 0.05) is 6.54 Å². The second-order valence-electron chi connectivity index (χ2n) is 11.1. The van der Waals surface area contributed by atoms with Crippen molar-refractivity contribution in [1.82, 2.24) is 4.90 Å². The number of benzene rings is 2. The number of likely N-dealkylation sites (tertiary alicyclic amines) is 1. The molecule has 2 amide bonds. The molecule has 0 aromatic heterocycles. The molecular weight excluding hydrogens is 556 g/mol. The fraction of sp³-hybridized carbons (Fsp3) is 0.424. The molecule has 0 radical (unpaired) electrons. The average molecular weight is 593 g/mol. The zero-order valence-corrected chi connectivity index (χ0v) is 24.5. The van der Waals surface area contributed by atoms with Crippen LogP contribution in [-0.2, 0) is 23.9 Å². The van der Waals surface area contributed by atoms with E-state index in [1.54, 1.807) is 36.4 Å². The highest BCUT2D eigenvalue weighted by Gasteiger charge is 2.79. The van der Waals surface area contributed by atoms with Crippen molar-refractivity contribution in [2.75, 3.05) is 24.7 Å². The number of amides is 2. The third-order valence-corrected chi connectivity index (χ3v) is 9.41. The molecule has 2 unspecified atom stereocenters. The predicted molar refractivity (Wildman–Crippen MR) is 160 cm³/mol. The molecule has 0 aliphatic carbocycles. The van der Waals surface area contributed by atoms with Gasteiger partial charge in [0.25, 0.3) is 5.91 Å². The van der Waals surface area contributed by atoms with Crippen LogP contribution in [0.2, 0.25) is 5.02 Å². The molecule has 3 aliphatic rings. The fourth-order valence-electron chi connectivity index (χ4n) is 7.25. The Morgan fingerprint density at radius 3 is 2.52 bits per heavy atom. The molecule has 3 heterocycles. The van der Waals surface area contributed by atoms with Gasteiger partial charge in [-0.05, 0) is 43.4 Å². The van der Waals surface area contributed by atoms with E-state index in [0.717, 1.165) is 0 Å². The lowest BCUT2D eigenvalue weighted by Crippen LogP contribution is -2.57. The zero-order chi connectivity index (χ0) is 30.1. The van der Waals surface area contributed by atoms with Crippen LogP contribution in [0, 0.1) is 11.8 Å². The lowest BCUT2D eigenvalue weighted by Gasteiger charge is -2.39. The molecule has 1 spiro atoms. The minimum atomic E-state index is -1.30. The molecule has 6 atom stereocenters. The van der Waals surface area contributed by atoms with Crippen molar-refractivity contribution in [3.63, 3.8) is 0 Å². The summed E-state index contributed by atoms with van der Waals surface area (Å²) in [7, 11) is 0. The lowest BCUT2D eigenvalue weighted by atomic mass is 9.65. The van der Waals surface area contributed by atoms with Gasteiger partial charge in [-0.1, -0.05) is 73.1 Å². The van der Waals surface area contributed by atoms with Gasteiger partial charge in [-0.3, -0.25) is 14.4 Å². The van der Waals surface area contributed by atoms with Crippen molar-refractivity contribution in [3.05, 3.63) is 90.5 Å². The monoisotopic (exact) mass is 592 g/mol. The zero-order valence-electron chi connectivity index (χ0n) is 23.8. The van der Waals surface area contributed by atoms with Crippen LogP contribution in [0.25, 0.3) is 0 Å². The summed E-state index contributed by atoms with van der Waals surface area (Å²) in [5.74, 6) is -3.18. The van der Waals surface area contributed by atoms with Crippen molar-refractivity contribution in [2.45, 2.75) is 55.9 Å². The van der Waals surface area contributed by atoms with E-state index in [-0.39, 0.29) is 13.2 Å². The molecule has 5 rings (SSSR count). The van der Waals surface area contributed by atoms with Crippen LogP contribution in [0.3, 0.4) is 0 Å². The molecule has 3 aliphatic heterocycles. The standard InChI is InChI=1S/C33H37ClN2O6/c1-4-7-20-41-31(40)27-26-29(38)36(25(21-37)22-13-9-8-10-14-22)28(33(26)18-17-32(27,6-3)42-33)30(39)35(19-5-2)24-16-12-11-15-23(24)34/h4-5,8-16,25-28,37H,1-2,6-7,17-21H2,3H3/t25-,26+,27-,28?,32+,33?/m1/s1. The Labute approximate surface area is 251 Å². The first-order chi connectivity index (χ1) is 20.3. The number of aliphatic hydroxyl groups is 1. The number of hydrogen-bond donors (Lipinski definition) is 1. The number of carbonyl (C=O) groups excluding carboxylic acids is 3. The Balaban J connectivity index is 1.67. The number of carbonyl (C=O) groups is 3. The van der Waals surface area contributed by atoms with E-state index in [1.165, 1.54) is 9.80 Å². The average Bonchev–Trinajstić information content (AvgIpc) is 3.61. The van der Waals surface area contributed by atoms with E-state index in [4.69, 9.17) is 21.1 Å². The molecule has 3 saturated heterocycles. The maximum atomic E-state index is 14.8. The number of anilines is 1. The van der Waals surface area contributed by atoms with Gasteiger partial charge in [0.15, 0.2) is 0 Å². The van der Waals surface area contributed by atoms with E-state index in [9.17, 15) is 19.5 Å². The van der Waals surface area contributed by atoms with E-state index < -0.39 is 59.5 Å². The molecule has 1 N–H and O–H groups in total. The first-order valence-corrected chi connectivity index (χ1v) is 14.8. The molecule has 9 heteroatoms. The molecule has 42 heavy (non-hydrogen) atoms. The van der Waals surface area contributed by atoms with E-state index in [1.807, 2.05) is 37.3 Å². The van der Waals surface area contributed by atoms with Gasteiger partial charge in [0.2, 0.25) is 5.91 Å². The molecule has 8 nitrogen and oxygen atoms in total. The number of ether oxygens (including phenoxy) is 2. The summed E-state index contributed by atoms with van der Waals surface area (Å²) in [6.45, 7) is 9.30. The first kappa shape index (κ1) is 30.0. The quantitative estimate of drug-likeness (QED) is 0.215. The second-order valence-corrected chi connectivity index (χ2v) is 11.5. The van der Waals surface area contributed by atoms with Crippen molar-refractivity contribution in [2.24, 2.45) is 11.8 Å². The SMILES string of the molecule is C=CCCOC(=O)[C@H]1[C@H]2C(=O)N([C@H](CO)c3ccccc3)C(C(=O)N(CC=C)c3ccccc3Cl)C23CC[C@]1(CC)O3. The van der Waals surface area contributed by atoms with Gasteiger partial charge in [0.1, 0.15) is 17.6 Å². The van der Waals surface area contributed by atoms with Crippen molar-refractivity contribution >= 4 is 35.1 Å². The van der Waals surface area contributed by atoms with Crippen molar-refractivity contribution in [3.8, 4) is 0 Å². The summed E-state index contributed by atoms with van der Waals surface area (Å²) < 4.78 is 12.5. The predicted octanol–water partition coefficient (Wildman–Crippen LogP) is 4.87. The number of aliphatic hydroxyl groups excluding tert-OH is 1. The molecule has 2 aromatic rings. The maximum absolute atomic E-state index is 14.8. The van der Waals surface area contributed by atoms with Gasteiger partial charge >= 0.3 is 5.97 Å². The highest BCUT2D eigenvalue weighted by molar-refractivity contribution is 6.34. The third kappa shape index (κ3) is 4.66. The van der Waals surface area contributed by atoms with E-state index in [0.29, 0.717) is 42.0 Å².